The lowest BCUT2D eigenvalue weighted by molar-refractivity contribution is 0.0986. The van der Waals surface area contributed by atoms with Crippen LogP contribution in [0.2, 0.25) is 0 Å². The molecule has 0 aliphatic carbocycles. The number of Topliss-reactive ketones (excluding diaryl/α,β-unsaturated/α-hetero) is 1. The van der Waals surface area contributed by atoms with Gasteiger partial charge in [-0.05, 0) is 36.0 Å². The fourth-order valence-corrected chi connectivity index (χ4v) is 2.14. The highest BCUT2D eigenvalue weighted by Gasteiger charge is 2.14. The summed E-state index contributed by atoms with van der Waals surface area (Å²) < 4.78 is 0. The van der Waals surface area contributed by atoms with Gasteiger partial charge in [-0.3, -0.25) is 4.79 Å². The van der Waals surface area contributed by atoms with Crippen molar-refractivity contribution in [1.82, 2.24) is 0 Å². The minimum atomic E-state index is 0.288. The molecule has 0 saturated carbocycles. The number of hydrogen-bond acceptors (Lipinski definition) is 1. The van der Waals surface area contributed by atoms with Crippen LogP contribution in [0.5, 0.6) is 0 Å². The summed E-state index contributed by atoms with van der Waals surface area (Å²) in [5.41, 5.74) is 4.79. The molecule has 0 N–H and O–H groups in total. The zero-order chi connectivity index (χ0) is 12.1. The van der Waals surface area contributed by atoms with E-state index in [1.807, 2.05) is 6.92 Å². The molecule has 1 rings (SSSR count). The molecule has 0 aliphatic heterocycles. The molecule has 1 heteroatoms. The monoisotopic (exact) mass is 218 g/mol. The van der Waals surface area contributed by atoms with Crippen LogP contribution >= 0.6 is 0 Å². The van der Waals surface area contributed by atoms with Crippen LogP contribution in [0.15, 0.2) is 12.1 Å². The van der Waals surface area contributed by atoms with Gasteiger partial charge in [0.15, 0.2) is 5.78 Å². The quantitative estimate of drug-likeness (QED) is 0.683. The number of rotatable bonds is 5. The Morgan fingerprint density at radius 2 is 1.44 bits per heavy atom. The Labute approximate surface area is 98.9 Å². The molecule has 0 aliphatic rings. The number of aryl methyl sites for hydroxylation is 3. The molecular weight excluding hydrogens is 196 g/mol. The highest BCUT2D eigenvalue weighted by molar-refractivity contribution is 5.98. The Morgan fingerprint density at radius 3 is 1.75 bits per heavy atom. The lowest BCUT2D eigenvalue weighted by atomic mass is 9.90. The van der Waals surface area contributed by atoms with Crippen LogP contribution < -0.4 is 0 Å². The summed E-state index contributed by atoms with van der Waals surface area (Å²) in [4.78, 5) is 12.0. The van der Waals surface area contributed by atoms with E-state index in [4.69, 9.17) is 0 Å². The van der Waals surface area contributed by atoms with E-state index in [-0.39, 0.29) is 5.78 Å². The Hall–Kier alpha value is -1.11. The van der Waals surface area contributed by atoms with Crippen LogP contribution in [-0.4, -0.2) is 5.78 Å². The van der Waals surface area contributed by atoms with Crippen molar-refractivity contribution in [1.29, 1.82) is 0 Å². The third-order valence-corrected chi connectivity index (χ3v) is 3.13. The minimum Gasteiger partial charge on any atom is -0.294 e. The average Bonchev–Trinajstić information content (AvgIpc) is 2.35. The normalized spacial score (nSPS) is 10.5. The molecule has 0 atom stereocenters. The average molecular weight is 218 g/mol. The smallest absolute Gasteiger partial charge is 0.163 e. The Kier molecular flexibility index (Phi) is 4.72. The van der Waals surface area contributed by atoms with Gasteiger partial charge in [0.25, 0.3) is 0 Å². The number of benzene rings is 1. The molecular formula is C15H22O. The van der Waals surface area contributed by atoms with Crippen LogP contribution in [0, 0.1) is 0 Å². The van der Waals surface area contributed by atoms with Crippen LogP contribution in [0.25, 0.3) is 0 Å². The Balaban J connectivity index is 3.37. The summed E-state index contributed by atoms with van der Waals surface area (Å²) in [6.45, 7) is 8.35. The Morgan fingerprint density at radius 1 is 0.938 bits per heavy atom. The third kappa shape index (κ3) is 2.52. The van der Waals surface area contributed by atoms with Gasteiger partial charge in [-0.15, -0.1) is 0 Å². The standard InChI is InChI=1S/C15H22O/c1-5-11-9-12(6-2)15(14(16)8-4)13(7-3)10-11/h9-10H,5-8H2,1-4H3. The second kappa shape index (κ2) is 5.83. The first kappa shape index (κ1) is 13.0. The van der Waals surface area contributed by atoms with E-state index in [9.17, 15) is 4.79 Å². The lowest BCUT2D eigenvalue weighted by Crippen LogP contribution is -2.07. The highest BCUT2D eigenvalue weighted by atomic mass is 16.1. The van der Waals surface area contributed by atoms with Gasteiger partial charge in [0, 0.05) is 12.0 Å². The van der Waals surface area contributed by atoms with Crippen molar-refractivity contribution >= 4 is 5.78 Å². The van der Waals surface area contributed by atoms with Gasteiger partial charge in [-0.1, -0.05) is 39.8 Å². The van der Waals surface area contributed by atoms with Gasteiger partial charge in [-0.2, -0.15) is 0 Å². The number of carbonyl (C=O) groups excluding carboxylic acids is 1. The summed E-state index contributed by atoms with van der Waals surface area (Å²) in [6.07, 6.45) is 3.54. The Bertz CT molecular complexity index is 352. The number of hydrogen-bond donors (Lipinski definition) is 0. The van der Waals surface area contributed by atoms with Gasteiger partial charge in [0.05, 0.1) is 0 Å². The number of carbonyl (C=O) groups is 1. The summed E-state index contributed by atoms with van der Waals surface area (Å²) in [7, 11) is 0. The van der Waals surface area contributed by atoms with Crippen LogP contribution in [0.1, 0.15) is 61.2 Å². The second-order valence-electron chi connectivity index (χ2n) is 4.13. The molecule has 0 radical (unpaired) electrons. The van der Waals surface area contributed by atoms with Crippen molar-refractivity contribution in [3.05, 3.63) is 34.4 Å². The maximum atomic E-state index is 12.0. The first-order valence-electron chi connectivity index (χ1n) is 6.35. The zero-order valence-corrected chi connectivity index (χ0v) is 10.9. The molecule has 0 aromatic heterocycles. The first-order chi connectivity index (χ1) is 7.67. The maximum absolute atomic E-state index is 12.0. The molecule has 0 unspecified atom stereocenters. The zero-order valence-electron chi connectivity index (χ0n) is 10.9. The predicted octanol–water partition coefficient (Wildman–Crippen LogP) is 3.97. The second-order valence-corrected chi connectivity index (χ2v) is 4.13. The fourth-order valence-electron chi connectivity index (χ4n) is 2.14. The SMILES string of the molecule is CCC(=O)c1c(CC)cc(CC)cc1CC. The molecule has 0 fully saturated rings. The van der Waals surface area contributed by atoms with E-state index >= 15 is 0 Å². The molecule has 0 saturated heterocycles. The largest absolute Gasteiger partial charge is 0.294 e. The molecule has 16 heavy (non-hydrogen) atoms. The van der Waals surface area contributed by atoms with Gasteiger partial charge < -0.3 is 0 Å². The third-order valence-electron chi connectivity index (χ3n) is 3.13. The van der Waals surface area contributed by atoms with Crippen molar-refractivity contribution in [3.63, 3.8) is 0 Å². The topological polar surface area (TPSA) is 17.1 Å². The van der Waals surface area contributed by atoms with Gasteiger partial charge in [-0.25, -0.2) is 0 Å². The number of ketones is 1. The van der Waals surface area contributed by atoms with E-state index in [1.165, 1.54) is 16.7 Å². The van der Waals surface area contributed by atoms with E-state index in [0.717, 1.165) is 24.8 Å². The van der Waals surface area contributed by atoms with Crippen LogP contribution in [0.4, 0.5) is 0 Å². The van der Waals surface area contributed by atoms with E-state index < -0.39 is 0 Å². The van der Waals surface area contributed by atoms with Gasteiger partial charge in [0.2, 0.25) is 0 Å². The molecule has 1 nitrogen and oxygen atoms in total. The predicted molar refractivity (Wildman–Crippen MR) is 69.2 cm³/mol. The molecule has 0 amide bonds. The lowest BCUT2D eigenvalue weighted by Gasteiger charge is -2.13. The molecule has 0 heterocycles. The molecule has 0 spiro atoms. The van der Waals surface area contributed by atoms with Crippen molar-refractivity contribution in [2.24, 2.45) is 0 Å². The van der Waals surface area contributed by atoms with E-state index in [2.05, 4.69) is 32.9 Å². The van der Waals surface area contributed by atoms with Crippen molar-refractivity contribution in [2.45, 2.75) is 53.4 Å². The van der Waals surface area contributed by atoms with E-state index in [0.29, 0.717) is 6.42 Å². The fraction of sp³-hybridized carbons (Fsp3) is 0.533. The van der Waals surface area contributed by atoms with Crippen molar-refractivity contribution < 1.29 is 4.79 Å². The summed E-state index contributed by atoms with van der Waals surface area (Å²) >= 11 is 0. The molecule has 1 aromatic rings. The summed E-state index contributed by atoms with van der Waals surface area (Å²) in [6, 6.07) is 4.39. The van der Waals surface area contributed by atoms with Crippen LogP contribution in [0.3, 0.4) is 0 Å². The van der Waals surface area contributed by atoms with Crippen molar-refractivity contribution in [3.8, 4) is 0 Å². The maximum Gasteiger partial charge on any atom is 0.163 e. The first-order valence-corrected chi connectivity index (χ1v) is 6.35. The van der Waals surface area contributed by atoms with Crippen LogP contribution in [-0.2, 0) is 19.3 Å². The van der Waals surface area contributed by atoms with Gasteiger partial charge >= 0.3 is 0 Å². The molecule has 1 aromatic carbocycles. The van der Waals surface area contributed by atoms with E-state index in [1.54, 1.807) is 0 Å². The molecule has 0 bridgehead atoms. The van der Waals surface area contributed by atoms with Gasteiger partial charge in [0.1, 0.15) is 0 Å². The minimum absolute atomic E-state index is 0.288. The summed E-state index contributed by atoms with van der Waals surface area (Å²) in [5.74, 6) is 0.288. The molecule has 88 valence electrons. The van der Waals surface area contributed by atoms with Crippen molar-refractivity contribution in [2.75, 3.05) is 0 Å². The summed E-state index contributed by atoms with van der Waals surface area (Å²) in [5, 5.41) is 0. The highest BCUT2D eigenvalue weighted by Crippen LogP contribution is 2.21.